The van der Waals surface area contributed by atoms with Gasteiger partial charge in [0.15, 0.2) is 0 Å². The van der Waals surface area contributed by atoms with E-state index in [-0.39, 0.29) is 10.8 Å². The Bertz CT molecular complexity index is 1460. The van der Waals surface area contributed by atoms with Gasteiger partial charge in [0.1, 0.15) is 0 Å². The summed E-state index contributed by atoms with van der Waals surface area (Å²) < 4.78 is 1.01. The monoisotopic (exact) mass is 530 g/mol. The van der Waals surface area contributed by atoms with Crippen LogP contribution in [0.25, 0.3) is 43.4 Å². The molecule has 162 valence electrons. The molecular weight excluding hydrogens is 499 g/mol. The smallest absolute Gasteiger partial charge is 0.0253 e. The van der Waals surface area contributed by atoms with Gasteiger partial charge in [-0.3, -0.25) is 0 Å². The lowest BCUT2D eigenvalue weighted by molar-refractivity contribution is 0.591. The van der Waals surface area contributed by atoms with Gasteiger partial charge in [-0.1, -0.05) is 119 Å². The largest absolute Gasteiger partial charge is 0.0812 e. The fourth-order valence-corrected chi connectivity index (χ4v) is 5.58. The Morgan fingerprint density at radius 2 is 1.16 bits per heavy atom. The zero-order chi connectivity index (χ0) is 22.8. The van der Waals surface area contributed by atoms with Gasteiger partial charge in [-0.25, -0.2) is 0 Å². The second-order valence-corrected chi connectivity index (χ2v) is 12.0. The van der Waals surface area contributed by atoms with Crippen molar-refractivity contribution in [2.75, 3.05) is 0 Å². The summed E-state index contributed by atoms with van der Waals surface area (Å²) in [4.78, 5) is 0. The van der Waals surface area contributed by atoms with Crippen molar-refractivity contribution in [3.05, 3.63) is 83.4 Å². The normalized spacial score (nSPS) is 13.0. The van der Waals surface area contributed by atoms with Gasteiger partial charge in [0.05, 0.1) is 0 Å². The maximum Gasteiger partial charge on any atom is 0.0253 e. The highest BCUT2D eigenvalue weighted by atomic mass is 127. The molecule has 0 saturated heterocycles. The van der Waals surface area contributed by atoms with E-state index in [0.717, 1.165) is 4.43 Å². The van der Waals surface area contributed by atoms with Gasteiger partial charge in [-0.2, -0.15) is 0 Å². The Morgan fingerprint density at radius 3 is 1.78 bits per heavy atom. The third kappa shape index (κ3) is 3.50. The summed E-state index contributed by atoms with van der Waals surface area (Å²) in [5, 5.41) is 8.25. The van der Waals surface area contributed by atoms with Gasteiger partial charge in [0, 0.05) is 4.43 Å². The molecule has 0 aromatic heterocycles. The van der Waals surface area contributed by atoms with E-state index in [4.69, 9.17) is 0 Å². The quantitative estimate of drug-likeness (QED) is 0.121. The molecule has 5 rings (SSSR count). The van der Waals surface area contributed by atoms with Crippen LogP contribution in [0.2, 0.25) is 0 Å². The molecule has 0 aliphatic rings. The molecule has 5 aromatic carbocycles. The lowest BCUT2D eigenvalue weighted by Crippen LogP contribution is -2.12. The summed E-state index contributed by atoms with van der Waals surface area (Å²) in [5.74, 6) is 0. The summed E-state index contributed by atoms with van der Waals surface area (Å²) in [7, 11) is 0. The number of benzene rings is 5. The third-order valence-corrected chi connectivity index (χ3v) is 7.66. The van der Waals surface area contributed by atoms with Crippen LogP contribution in [0.1, 0.15) is 58.2 Å². The standard InChI is InChI=1S/C31H31I/c1-30(2,3)23-13-19-11-12-20-14-24(31(4,5)6)17-27-26(16-22(15-23)28(19)29(20)27)25-10-8-7-9-21(25)18-32/h7-17H,18H2,1-6H3. The molecule has 0 aliphatic heterocycles. The van der Waals surface area contributed by atoms with Crippen molar-refractivity contribution in [2.24, 2.45) is 0 Å². The summed E-state index contributed by atoms with van der Waals surface area (Å²) in [6.45, 7) is 13.9. The van der Waals surface area contributed by atoms with Crippen LogP contribution in [0, 0.1) is 0 Å². The molecule has 32 heavy (non-hydrogen) atoms. The van der Waals surface area contributed by atoms with E-state index >= 15 is 0 Å². The Balaban J connectivity index is 2.01. The van der Waals surface area contributed by atoms with Crippen molar-refractivity contribution in [3.8, 4) is 11.1 Å². The molecule has 0 N–H and O–H groups in total. The van der Waals surface area contributed by atoms with E-state index in [2.05, 4.69) is 131 Å². The van der Waals surface area contributed by atoms with Crippen LogP contribution in [0.4, 0.5) is 0 Å². The van der Waals surface area contributed by atoms with Gasteiger partial charge in [0.2, 0.25) is 0 Å². The van der Waals surface area contributed by atoms with E-state index in [1.165, 1.54) is 60.1 Å². The molecule has 0 atom stereocenters. The van der Waals surface area contributed by atoms with Crippen molar-refractivity contribution in [1.29, 1.82) is 0 Å². The van der Waals surface area contributed by atoms with Crippen LogP contribution < -0.4 is 0 Å². The number of rotatable bonds is 2. The Labute approximate surface area is 205 Å². The average molecular weight is 530 g/mol. The molecule has 0 heterocycles. The van der Waals surface area contributed by atoms with Gasteiger partial charge in [-0.15, -0.1) is 0 Å². The highest BCUT2D eigenvalue weighted by Crippen LogP contribution is 2.44. The zero-order valence-electron chi connectivity index (χ0n) is 19.9. The summed E-state index contributed by atoms with van der Waals surface area (Å²) in [5.41, 5.74) is 7.13. The number of hydrogen-bond acceptors (Lipinski definition) is 0. The van der Waals surface area contributed by atoms with Gasteiger partial charge in [-0.05, 0) is 83.1 Å². The van der Waals surface area contributed by atoms with Crippen LogP contribution >= 0.6 is 22.6 Å². The molecule has 0 aliphatic carbocycles. The zero-order valence-corrected chi connectivity index (χ0v) is 22.1. The first-order valence-electron chi connectivity index (χ1n) is 11.5. The first-order chi connectivity index (χ1) is 15.1. The average Bonchev–Trinajstić information content (AvgIpc) is 2.75. The van der Waals surface area contributed by atoms with Gasteiger partial charge >= 0.3 is 0 Å². The highest BCUT2D eigenvalue weighted by Gasteiger charge is 2.22. The molecule has 0 spiro atoms. The van der Waals surface area contributed by atoms with Crippen LogP contribution in [0.5, 0.6) is 0 Å². The Hall–Kier alpha value is -2.13. The van der Waals surface area contributed by atoms with Gasteiger partial charge < -0.3 is 0 Å². The summed E-state index contributed by atoms with van der Waals surface area (Å²) in [6, 6.07) is 25.7. The Kier molecular flexibility index (Phi) is 5.05. The maximum atomic E-state index is 2.49. The molecule has 1 heteroatoms. The van der Waals surface area contributed by atoms with Crippen molar-refractivity contribution in [1.82, 2.24) is 0 Å². The summed E-state index contributed by atoms with van der Waals surface area (Å²) >= 11 is 2.49. The molecule has 0 unspecified atom stereocenters. The second kappa shape index (κ2) is 7.45. The molecular formula is C31H31I. The maximum absolute atomic E-state index is 2.49. The number of hydrogen-bond donors (Lipinski definition) is 0. The van der Waals surface area contributed by atoms with Crippen LogP contribution in [0.3, 0.4) is 0 Å². The Morgan fingerprint density at radius 1 is 0.594 bits per heavy atom. The minimum Gasteiger partial charge on any atom is -0.0812 e. The van der Waals surface area contributed by atoms with Crippen molar-refractivity contribution < 1.29 is 0 Å². The molecule has 0 bridgehead atoms. The predicted molar refractivity (Wildman–Crippen MR) is 151 cm³/mol. The fraction of sp³-hybridized carbons (Fsp3) is 0.290. The third-order valence-electron chi connectivity index (χ3n) is 6.83. The van der Waals surface area contributed by atoms with E-state index in [9.17, 15) is 0 Å². The van der Waals surface area contributed by atoms with Crippen LogP contribution in [0.15, 0.2) is 66.7 Å². The molecule has 0 nitrogen and oxygen atoms in total. The number of halogens is 1. The van der Waals surface area contributed by atoms with Crippen LogP contribution in [-0.4, -0.2) is 0 Å². The van der Waals surface area contributed by atoms with E-state index in [1.54, 1.807) is 0 Å². The first kappa shape index (κ1) is 21.7. The molecule has 5 aromatic rings. The topological polar surface area (TPSA) is 0 Å². The predicted octanol–water partition coefficient (Wildman–Crippen LogP) is 9.78. The van der Waals surface area contributed by atoms with Gasteiger partial charge in [0.25, 0.3) is 0 Å². The van der Waals surface area contributed by atoms with Crippen molar-refractivity contribution in [3.63, 3.8) is 0 Å². The second-order valence-electron chi connectivity index (χ2n) is 11.2. The van der Waals surface area contributed by atoms with Crippen molar-refractivity contribution in [2.45, 2.75) is 56.8 Å². The lowest BCUT2D eigenvalue weighted by atomic mass is 9.79. The minimum atomic E-state index is 0.101. The van der Waals surface area contributed by atoms with Crippen LogP contribution in [-0.2, 0) is 15.3 Å². The fourth-order valence-electron chi connectivity index (χ4n) is 4.91. The molecule has 0 amide bonds. The molecule has 0 radical (unpaired) electrons. The minimum absolute atomic E-state index is 0.101. The van der Waals surface area contributed by atoms with E-state index in [1.807, 2.05) is 0 Å². The summed E-state index contributed by atoms with van der Waals surface area (Å²) in [6.07, 6.45) is 0. The SMILES string of the molecule is CC(C)(C)c1cc2ccc3cc(C(C)(C)C)cc4c(-c5ccccc5CI)cc(c1)c2c34. The lowest BCUT2D eigenvalue weighted by Gasteiger charge is -2.25. The molecule has 0 saturated carbocycles. The number of alkyl halides is 1. The first-order valence-corrected chi connectivity index (χ1v) is 13.0. The van der Waals surface area contributed by atoms with E-state index in [0.29, 0.717) is 0 Å². The van der Waals surface area contributed by atoms with Crippen molar-refractivity contribution >= 4 is 54.9 Å². The highest BCUT2D eigenvalue weighted by molar-refractivity contribution is 14.1. The van der Waals surface area contributed by atoms with E-state index < -0.39 is 0 Å². The molecule has 0 fully saturated rings.